The van der Waals surface area contributed by atoms with Gasteiger partial charge in [0.25, 0.3) is 0 Å². The number of hydrogen-bond donors (Lipinski definition) is 3. The van der Waals surface area contributed by atoms with Crippen LogP contribution in [0.15, 0.2) is 42.5 Å². The minimum atomic E-state index is -0.470. The van der Waals surface area contributed by atoms with Crippen LogP contribution in [0, 0.1) is 5.82 Å². The number of hydrogen-bond acceptors (Lipinski definition) is 3. The molecule has 0 saturated carbocycles. The Morgan fingerprint density at radius 3 is 2.58 bits per heavy atom. The van der Waals surface area contributed by atoms with Crippen LogP contribution in [0.2, 0.25) is 5.02 Å². The summed E-state index contributed by atoms with van der Waals surface area (Å²) in [5.41, 5.74) is 5.66. The number of nitrogens with one attached hydrogen (secondary N) is 2. The maximum absolute atomic E-state index is 14.7. The van der Waals surface area contributed by atoms with E-state index in [0.29, 0.717) is 16.1 Å². The Morgan fingerprint density at radius 2 is 1.92 bits per heavy atom. The molecule has 2 aromatic carbocycles. The molecular weight excluding hydrogens is 329 g/mol. The molecule has 0 radical (unpaired) electrons. The third-order valence-corrected chi connectivity index (χ3v) is 4.13. The zero-order valence-corrected chi connectivity index (χ0v) is 14.2. The highest BCUT2D eigenvalue weighted by atomic mass is 35.5. The van der Waals surface area contributed by atoms with Crippen molar-refractivity contribution in [3.8, 4) is 11.1 Å². The Bertz CT molecular complexity index is 702. The molecule has 24 heavy (non-hydrogen) atoms. The highest BCUT2D eigenvalue weighted by Crippen LogP contribution is 2.32. The first-order valence-corrected chi connectivity index (χ1v) is 8.20. The predicted molar refractivity (Wildman–Crippen MR) is 96.6 cm³/mol. The molecule has 4 N–H and O–H groups in total. The number of anilines is 1. The van der Waals surface area contributed by atoms with E-state index in [0.717, 1.165) is 19.4 Å². The molecule has 0 aromatic heterocycles. The van der Waals surface area contributed by atoms with Gasteiger partial charge in [-0.05, 0) is 38.6 Å². The average Bonchev–Trinajstić information content (AvgIpc) is 3.14. The van der Waals surface area contributed by atoms with Gasteiger partial charge in [-0.25, -0.2) is 4.39 Å². The van der Waals surface area contributed by atoms with E-state index in [2.05, 4.69) is 16.4 Å². The molecule has 1 saturated heterocycles. The summed E-state index contributed by atoms with van der Waals surface area (Å²) in [4.78, 5) is 12.1. The molecule has 0 bridgehead atoms. The van der Waals surface area contributed by atoms with Crippen molar-refractivity contribution < 1.29 is 9.18 Å². The first-order chi connectivity index (χ1) is 11.7. The molecule has 1 aliphatic rings. The molecule has 0 spiro atoms. The Kier molecular flexibility index (Phi) is 6.73. The van der Waals surface area contributed by atoms with E-state index < -0.39 is 5.82 Å². The SMILES string of the molecule is CN.O=C(Nc1cccc(-c2ccccc2Cl)c1F)C1CCCN1. The lowest BCUT2D eigenvalue weighted by Crippen LogP contribution is -2.35. The number of nitrogens with two attached hydrogens (primary N) is 1. The molecule has 1 atom stereocenters. The van der Waals surface area contributed by atoms with Gasteiger partial charge in [0.1, 0.15) is 0 Å². The van der Waals surface area contributed by atoms with Crippen LogP contribution in [0.5, 0.6) is 0 Å². The van der Waals surface area contributed by atoms with Gasteiger partial charge in [0.05, 0.1) is 11.7 Å². The van der Waals surface area contributed by atoms with Crippen LogP contribution in [-0.4, -0.2) is 25.5 Å². The third kappa shape index (κ3) is 4.12. The topological polar surface area (TPSA) is 67.2 Å². The molecule has 128 valence electrons. The van der Waals surface area contributed by atoms with Gasteiger partial charge in [-0.1, -0.05) is 41.9 Å². The fraction of sp³-hybridized carbons (Fsp3) is 0.278. The van der Waals surface area contributed by atoms with Crippen LogP contribution in [0.25, 0.3) is 11.1 Å². The first-order valence-electron chi connectivity index (χ1n) is 7.82. The van der Waals surface area contributed by atoms with Crippen molar-refractivity contribution >= 4 is 23.2 Å². The standard InChI is InChI=1S/C17H16ClFN2O.CH5N/c18-13-7-2-1-5-11(13)12-6-3-8-14(16(12)19)21-17(22)15-9-4-10-20-15;1-2/h1-3,5-8,15,20H,4,9-10H2,(H,21,22);2H2,1H3. The lowest BCUT2D eigenvalue weighted by atomic mass is 10.0. The quantitative estimate of drug-likeness (QED) is 0.795. The summed E-state index contributed by atoms with van der Waals surface area (Å²) < 4.78 is 14.7. The van der Waals surface area contributed by atoms with Crippen molar-refractivity contribution in [1.82, 2.24) is 5.32 Å². The van der Waals surface area contributed by atoms with Gasteiger partial charge in [-0.15, -0.1) is 0 Å². The van der Waals surface area contributed by atoms with Gasteiger partial charge in [0.15, 0.2) is 5.82 Å². The molecule has 1 fully saturated rings. The smallest absolute Gasteiger partial charge is 0.241 e. The Morgan fingerprint density at radius 1 is 1.21 bits per heavy atom. The average molecular weight is 350 g/mol. The van der Waals surface area contributed by atoms with Gasteiger partial charge in [-0.2, -0.15) is 0 Å². The minimum Gasteiger partial charge on any atom is -0.333 e. The summed E-state index contributed by atoms with van der Waals surface area (Å²) in [6.45, 7) is 0.820. The number of amides is 1. The third-order valence-electron chi connectivity index (χ3n) is 3.80. The molecule has 1 amide bonds. The minimum absolute atomic E-state index is 0.177. The Hall–Kier alpha value is -1.95. The van der Waals surface area contributed by atoms with Crippen LogP contribution in [-0.2, 0) is 4.79 Å². The molecular formula is C18H21ClFN3O. The molecule has 0 aliphatic carbocycles. The summed E-state index contributed by atoms with van der Waals surface area (Å²) in [5, 5.41) is 6.23. The van der Waals surface area contributed by atoms with Gasteiger partial charge in [-0.3, -0.25) is 4.79 Å². The summed E-state index contributed by atoms with van der Waals surface area (Å²) in [6, 6.07) is 11.7. The Labute approximate surface area is 146 Å². The van der Waals surface area contributed by atoms with Crippen molar-refractivity contribution in [2.24, 2.45) is 5.73 Å². The number of carbonyl (C=O) groups is 1. The highest BCUT2D eigenvalue weighted by molar-refractivity contribution is 6.33. The van der Waals surface area contributed by atoms with E-state index in [1.54, 1.807) is 42.5 Å². The lowest BCUT2D eigenvalue weighted by molar-refractivity contribution is -0.117. The van der Waals surface area contributed by atoms with Crippen LogP contribution >= 0.6 is 11.6 Å². The molecule has 1 heterocycles. The Balaban J connectivity index is 0.00000100. The van der Waals surface area contributed by atoms with Crippen molar-refractivity contribution in [2.45, 2.75) is 18.9 Å². The van der Waals surface area contributed by atoms with E-state index in [1.807, 2.05) is 0 Å². The zero-order valence-electron chi connectivity index (χ0n) is 13.5. The fourth-order valence-corrected chi connectivity index (χ4v) is 2.88. The summed E-state index contributed by atoms with van der Waals surface area (Å²) in [5.74, 6) is -0.672. The lowest BCUT2D eigenvalue weighted by Gasteiger charge is -2.14. The van der Waals surface area contributed by atoms with Gasteiger partial charge in [0.2, 0.25) is 5.91 Å². The van der Waals surface area contributed by atoms with E-state index in [9.17, 15) is 9.18 Å². The largest absolute Gasteiger partial charge is 0.333 e. The molecule has 4 nitrogen and oxygen atoms in total. The van der Waals surface area contributed by atoms with Crippen molar-refractivity contribution in [3.63, 3.8) is 0 Å². The maximum atomic E-state index is 14.7. The van der Waals surface area contributed by atoms with Crippen LogP contribution in [0.4, 0.5) is 10.1 Å². The fourth-order valence-electron chi connectivity index (χ4n) is 2.64. The summed E-state index contributed by atoms with van der Waals surface area (Å²) in [6.07, 6.45) is 1.73. The number of carbonyl (C=O) groups excluding carboxylic acids is 1. The number of rotatable bonds is 3. The van der Waals surface area contributed by atoms with E-state index in [4.69, 9.17) is 11.6 Å². The number of halogens is 2. The number of benzene rings is 2. The molecule has 2 aromatic rings. The predicted octanol–water partition coefficient (Wildman–Crippen LogP) is 3.41. The van der Waals surface area contributed by atoms with Crippen LogP contribution in [0.1, 0.15) is 12.8 Å². The molecule has 3 rings (SSSR count). The van der Waals surface area contributed by atoms with Gasteiger partial charge in [0, 0.05) is 16.1 Å². The molecule has 1 unspecified atom stereocenters. The second-order valence-corrected chi connectivity index (χ2v) is 5.69. The highest BCUT2D eigenvalue weighted by Gasteiger charge is 2.23. The first kappa shape index (κ1) is 18.4. The molecule has 6 heteroatoms. The van der Waals surface area contributed by atoms with E-state index in [-0.39, 0.29) is 17.6 Å². The molecule has 1 aliphatic heterocycles. The zero-order chi connectivity index (χ0) is 17.5. The normalized spacial score (nSPS) is 16.2. The second-order valence-electron chi connectivity index (χ2n) is 5.29. The summed E-state index contributed by atoms with van der Waals surface area (Å²) in [7, 11) is 1.50. The second kappa shape index (κ2) is 8.78. The van der Waals surface area contributed by atoms with Gasteiger partial charge >= 0.3 is 0 Å². The van der Waals surface area contributed by atoms with E-state index in [1.165, 1.54) is 7.05 Å². The van der Waals surface area contributed by atoms with Crippen molar-refractivity contribution in [2.75, 3.05) is 18.9 Å². The monoisotopic (exact) mass is 349 g/mol. The van der Waals surface area contributed by atoms with Crippen LogP contribution < -0.4 is 16.4 Å². The maximum Gasteiger partial charge on any atom is 0.241 e. The van der Waals surface area contributed by atoms with Crippen LogP contribution in [0.3, 0.4) is 0 Å². The summed E-state index contributed by atoms with van der Waals surface area (Å²) >= 11 is 6.13. The van der Waals surface area contributed by atoms with E-state index >= 15 is 0 Å². The van der Waals surface area contributed by atoms with Crippen molar-refractivity contribution in [1.29, 1.82) is 0 Å². The van der Waals surface area contributed by atoms with Gasteiger partial charge < -0.3 is 16.4 Å². The van der Waals surface area contributed by atoms with Crippen molar-refractivity contribution in [3.05, 3.63) is 53.3 Å².